The van der Waals surface area contributed by atoms with Gasteiger partial charge < -0.3 is 24.4 Å². The van der Waals surface area contributed by atoms with Gasteiger partial charge in [-0.2, -0.15) is 4.98 Å². The number of amides is 2. The van der Waals surface area contributed by atoms with Crippen LogP contribution in [0.15, 0.2) is 12.4 Å². The second-order valence-corrected chi connectivity index (χ2v) is 9.27. The summed E-state index contributed by atoms with van der Waals surface area (Å²) < 4.78 is 16.5. The lowest BCUT2D eigenvalue weighted by Crippen LogP contribution is -2.49. The minimum absolute atomic E-state index is 0.0243. The van der Waals surface area contributed by atoms with Crippen molar-refractivity contribution in [2.45, 2.75) is 77.0 Å². The van der Waals surface area contributed by atoms with Crippen LogP contribution in [0.4, 0.5) is 4.79 Å². The van der Waals surface area contributed by atoms with Gasteiger partial charge in [-0.3, -0.25) is 9.78 Å². The molecule has 0 spiro atoms. The van der Waals surface area contributed by atoms with E-state index >= 15 is 0 Å². The van der Waals surface area contributed by atoms with Crippen molar-refractivity contribution in [1.82, 2.24) is 20.2 Å². The molecule has 0 aromatic carbocycles. The Balaban J connectivity index is 1.43. The Bertz CT molecular complexity index is 759. The van der Waals surface area contributed by atoms with Crippen molar-refractivity contribution in [3.8, 4) is 11.8 Å². The Morgan fingerprint density at radius 1 is 1.10 bits per heavy atom. The first-order valence-electron chi connectivity index (χ1n) is 11.0. The van der Waals surface area contributed by atoms with Crippen molar-refractivity contribution < 1.29 is 23.8 Å². The summed E-state index contributed by atoms with van der Waals surface area (Å²) in [5, 5.41) is 3.18. The Labute approximate surface area is 183 Å². The number of methoxy groups -OCH3 is 1. The number of likely N-dealkylation sites (tertiary alicyclic amines) is 1. The van der Waals surface area contributed by atoms with Gasteiger partial charge in [0.25, 0.3) is 0 Å². The number of hydrogen-bond acceptors (Lipinski definition) is 7. The van der Waals surface area contributed by atoms with Gasteiger partial charge in [-0.1, -0.05) is 0 Å². The maximum absolute atomic E-state index is 12.8. The summed E-state index contributed by atoms with van der Waals surface area (Å²) in [4.78, 5) is 35.1. The number of rotatable bonds is 5. The highest BCUT2D eigenvalue weighted by Gasteiger charge is 2.32. The van der Waals surface area contributed by atoms with E-state index in [1.54, 1.807) is 18.2 Å². The zero-order chi connectivity index (χ0) is 22.4. The first-order valence-corrected chi connectivity index (χ1v) is 11.0. The van der Waals surface area contributed by atoms with Crippen LogP contribution in [0.5, 0.6) is 11.8 Å². The summed E-state index contributed by atoms with van der Waals surface area (Å²) in [5.74, 6) is 0.709. The average Bonchev–Trinajstić information content (AvgIpc) is 2.74. The van der Waals surface area contributed by atoms with E-state index in [4.69, 9.17) is 14.2 Å². The number of carbonyl (C=O) groups excluding carboxylic acids is 2. The third kappa shape index (κ3) is 6.97. The minimum Gasteiger partial charge on any atom is -0.480 e. The monoisotopic (exact) mass is 434 g/mol. The van der Waals surface area contributed by atoms with Crippen LogP contribution in [0.25, 0.3) is 0 Å². The van der Waals surface area contributed by atoms with Crippen LogP contribution < -0.4 is 14.8 Å². The molecule has 2 amide bonds. The van der Waals surface area contributed by atoms with Crippen LogP contribution in [0, 0.1) is 5.92 Å². The van der Waals surface area contributed by atoms with Gasteiger partial charge in [-0.05, 0) is 59.3 Å². The fourth-order valence-corrected chi connectivity index (χ4v) is 3.98. The minimum atomic E-state index is -0.538. The Kier molecular flexibility index (Phi) is 7.56. The molecule has 1 atom stereocenters. The van der Waals surface area contributed by atoms with Gasteiger partial charge in [0.2, 0.25) is 17.7 Å². The third-order valence-corrected chi connectivity index (χ3v) is 5.55. The number of hydrogen-bond donors (Lipinski definition) is 1. The van der Waals surface area contributed by atoms with Crippen molar-refractivity contribution in [2.75, 3.05) is 20.2 Å². The zero-order valence-electron chi connectivity index (χ0n) is 18.9. The van der Waals surface area contributed by atoms with E-state index in [1.807, 2.05) is 20.8 Å². The molecule has 1 N–H and O–H groups in total. The summed E-state index contributed by atoms with van der Waals surface area (Å²) in [5.41, 5.74) is -0.538. The highest BCUT2D eigenvalue weighted by molar-refractivity contribution is 5.80. The summed E-state index contributed by atoms with van der Waals surface area (Å²) in [6.45, 7) is 6.59. The number of ether oxygens (including phenoxy) is 3. The van der Waals surface area contributed by atoms with Crippen LogP contribution in [0.1, 0.15) is 59.3 Å². The molecule has 1 saturated carbocycles. The standard InChI is InChI=1S/C22H34N4O5/c1-22(2,3)31-21(28)26-11-5-6-15(14-26)20(27)24-16-7-9-17(10-8-16)30-19-13-23-12-18(25-19)29-4/h12-13,15-17H,5-11,14H2,1-4H3,(H,24,27). The van der Waals surface area contributed by atoms with Crippen molar-refractivity contribution >= 4 is 12.0 Å². The Morgan fingerprint density at radius 3 is 2.48 bits per heavy atom. The van der Waals surface area contributed by atoms with Crippen LogP contribution >= 0.6 is 0 Å². The quantitative estimate of drug-likeness (QED) is 0.760. The second-order valence-electron chi connectivity index (χ2n) is 9.27. The van der Waals surface area contributed by atoms with Crippen molar-refractivity contribution in [3.63, 3.8) is 0 Å². The lowest BCUT2D eigenvalue weighted by molar-refractivity contribution is -0.127. The molecule has 0 bridgehead atoms. The Morgan fingerprint density at radius 2 is 1.81 bits per heavy atom. The van der Waals surface area contributed by atoms with Crippen LogP contribution in [-0.4, -0.2) is 64.8 Å². The first-order chi connectivity index (χ1) is 14.7. The fourth-order valence-electron chi connectivity index (χ4n) is 3.98. The summed E-state index contributed by atoms with van der Waals surface area (Å²) in [6, 6.07) is 0.126. The second kappa shape index (κ2) is 10.2. The molecule has 2 heterocycles. The molecule has 1 aliphatic carbocycles. The predicted octanol–water partition coefficient (Wildman–Crippen LogP) is 2.94. The molecule has 9 heteroatoms. The third-order valence-electron chi connectivity index (χ3n) is 5.55. The summed E-state index contributed by atoms with van der Waals surface area (Å²) >= 11 is 0. The van der Waals surface area contributed by atoms with E-state index in [0.29, 0.717) is 24.8 Å². The molecule has 1 saturated heterocycles. The van der Waals surface area contributed by atoms with Crippen LogP contribution in [-0.2, 0) is 9.53 Å². The molecule has 1 aliphatic heterocycles. The largest absolute Gasteiger partial charge is 0.480 e. The maximum atomic E-state index is 12.8. The van der Waals surface area contributed by atoms with Gasteiger partial charge >= 0.3 is 6.09 Å². The predicted molar refractivity (Wildman–Crippen MR) is 114 cm³/mol. The number of aromatic nitrogens is 2. The fraction of sp³-hybridized carbons (Fsp3) is 0.727. The number of nitrogens with one attached hydrogen (secondary N) is 1. The number of nitrogens with zero attached hydrogens (tertiary/aromatic N) is 3. The maximum Gasteiger partial charge on any atom is 0.410 e. The zero-order valence-corrected chi connectivity index (χ0v) is 18.9. The summed E-state index contributed by atoms with van der Waals surface area (Å²) in [7, 11) is 1.54. The van der Waals surface area contributed by atoms with Crippen molar-refractivity contribution in [2.24, 2.45) is 5.92 Å². The van der Waals surface area contributed by atoms with E-state index in [-0.39, 0.29) is 30.1 Å². The normalized spacial score (nSPS) is 24.3. The van der Waals surface area contributed by atoms with E-state index < -0.39 is 5.60 Å². The van der Waals surface area contributed by atoms with Crippen molar-refractivity contribution in [1.29, 1.82) is 0 Å². The van der Waals surface area contributed by atoms with Gasteiger partial charge in [0.15, 0.2) is 0 Å². The smallest absolute Gasteiger partial charge is 0.410 e. The van der Waals surface area contributed by atoms with E-state index in [0.717, 1.165) is 38.5 Å². The van der Waals surface area contributed by atoms with Crippen LogP contribution in [0.3, 0.4) is 0 Å². The molecular formula is C22H34N4O5. The van der Waals surface area contributed by atoms with Crippen molar-refractivity contribution in [3.05, 3.63) is 12.4 Å². The molecule has 2 aliphatic rings. The van der Waals surface area contributed by atoms with E-state index in [9.17, 15) is 9.59 Å². The molecule has 0 radical (unpaired) electrons. The van der Waals surface area contributed by atoms with Crippen LogP contribution in [0.2, 0.25) is 0 Å². The Hall–Kier alpha value is -2.58. The lowest BCUT2D eigenvalue weighted by Gasteiger charge is -2.35. The first kappa shape index (κ1) is 23.1. The van der Waals surface area contributed by atoms with Gasteiger partial charge in [0.05, 0.1) is 25.4 Å². The molecule has 1 unspecified atom stereocenters. The molecule has 1 aromatic rings. The van der Waals surface area contributed by atoms with Gasteiger partial charge in [-0.25, -0.2) is 4.79 Å². The number of piperidine rings is 1. The molecule has 3 rings (SSSR count). The lowest BCUT2D eigenvalue weighted by atomic mass is 9.91. The molecule has 31 heavy (non-hydrogen) atoms. The average molecular weight is 435 g/mol. The SMILES string of the molecule is COc1cncc(OC2CCC(NC(=O)C3CCCN(C(=O)OC(C)(C)C)C3)CC2)n1. The van der Waals surface area contributed by atoms with E-state index in [1.165, 1.54) is 6.20 Å². The molecule has 1 aromatic heterocycles. The topological polar surface area (TPSA) is 103 Å². The molecule has 9 nitrogen and oxygen atoms in total. The van der Waals surface area contributed by atoms with Gasteiger partial charge in [0.1, 0.15) is 11.7 Å². The molecule has 172 valence electrons. The summed E-state index contributed by atoms with van der Waals surface area (Å²) in [6.07, 6.45) is 7.77. The highest BCUT2D eigenvalue weighted by atomic mass is 16.6. The number of carbonyl (C=O) groups is 2. The molecular weight excluding hydrogens is 400 g/mol. The van der Waals surface area contributed by atoms with E-state index in [2.05, 4.69) is 15.3 Å². The van der Waals surface area contributed by atoms with Gasteiger partial charge in [0, 0.05) is 19.1 Å². The molecule has 2 fully saturated rings. The highest BCUT2D eigenvalue weighted by Crippen LogP contribution is 2.25. The van der Waals surface area contributed by atoms with Gasteiger partial charge in [-0.15, -0.1) is 0 Å².